The van der Waals surface area contributed by atoms with Crippen LogP contribution in [0.5, 0.6) is 5.75 Å². The Morgan fingerprint density at radius 1 is 1.20 bits per heavy atom. The van der Waals surface area contributed by atoms with Crippen LogP contribution in [0.4, 0.5) is 10.3 Å². The topological polar surface area (TPSA) is 69.0 Å². The third-order valence-corrected chi connectivity index (χ3v) is 5.51. The summed E-state index contributed by atoms with van der Waals surface area (Å²) >= 11 is 7.42. The number of benzene rings is 2. The predicted octanol–water partition coefficient (Wildman–Crippen LogP) is 5.01. The number of carbonyl (C=O) groups excluding carboxylic acids is 1. The van der Waals surface area contributed by atoms with Crippen molar-refractivity contribution in [1.29, 1.82) is 0 Å². The van der Waals surface area contributed by atoms with Gasteiger partial charge in [-0.2, -0.15) is 0 Å². The molecule has 2 aromatic carbocycles. The Hall–Kier alpha value is -3.23. The average molecular weight is 443 g/mol. The fourth-order valence-electron chi connectivity index (χ4n) is 2.69. The number of hydrogen-bond donors (Lipinski definition) is 1. The van der Waals surface area contributed by atoms with Crippen LogP contribution in [0.25, 0.3) is 0 Å². The van der Waals surface area contributed by atoms with Gasteiger partial charge in [-0.1, -0.05) is 41.9 Å². The first-order valence-electron chi connectivity index (χ1n) is 8.97. The number of nitrogens with one attached hydrogen (secondary N) is 1. The van der Waals surface area contributed by atoms with E-state index in [1.165, 1.54) is 23.7 Å². The number of nitrogens with zero attached hydrogens (tertiary/aromatic N) is 3. The zero-order valence-electron chi connectivity index (χ0n) is 15.6. The van der Waals surface area contributed by atoms with Crippen molar-refractivity contribution in [1.82, 2.24) is 14.8 Å². The van der Waals surface area contributed by atoms with Gasteiger partial charge in [-0.05, 0) is 35.2 Å². The summed E-state index contributed by atoms with van der Waals surface area (Å²) in [7, 11) is 0. The molecule has 0 aliphatic heterocycles. The van der Waals surface area contributed by atoms with Crippen LogP contribution in [0.15, 0.2) is 66.3 Å². The molecule has 0 saturated heterocycles. The van der Waals surface area contributed by atoms with Crippen molar-refractivity contribution in [3.63, 3.8) is 0 Å². The molecule has 0 fully saturated rings. The van der Waals surface area contributed by atoms with Crippen LogP contribution < -0.4 is 10.1 Å². The number of aromatic nitrogens is 3. The van der Waals surface area contributed by atoms with Crippen LogP contribution >= 0.6 is 22.9 Å². The standard InChI is InChI=1S/C21H16ClFN4O2S/c22-16-6-2-1-5-15(16)10-27-13-24-21(26-27)25-20(28)19-9-14(12-30-19)11-29-18-8-4-3-7-17(18)23/h1-9,12-13H,10-11H2,(H,25,26,28). The molecule has 0 bridgehead atoms. The third-order valence-electron chi connectivity index (χ3n) is 4.16. The van der Waals surface area contributed by atoms with Crippen molar-refractivity contribution < 1.29 is 13.9 Å². The van der Waals surface area contributed by atoms with Gasteiger partial charge in [-0.15, -0.1) is 16.4 Å². The van der Waals surface area contributed by atoms with E-state index >= 15 is 0 Å². The van der Waals surface area contributed by atoms with E-state index in [1.54, 1.807) is 40.4 Å². The van der Waals surface area contributed by atoms with Gasteiger partial charge in [-0.3, -0.25) is 10.1 Å². The highest BCUT2D eigenvalue weighted by molar-refractivity contribution is 7.12. The maximum atomic E-state index is 13.6. The molecule has 0 atom stereocenters. The van der Waals surface area contributed by atoms with Gasteiger partial charge in [0.2, 0.25) is 5.95 Å². The molecule has 0 unspecified atom stereocenters. The number of rotatable bonds is 7. The first-order chi connectivity index (χ1) is 14.6. The van der Waals surface area contributed by atoms with Crippen molar-refractivity contribution in [3.05, 3.63) is 93.1 Å². The number of anilines is 1. The fourth-order valence-corrected chi connectivity index (χ4v) is 3.67. The molecule has 30 heavy (non-hydrogen) atoms. The molecular formula is C21H16ClFN4O2S. The second-order valence-electron chi connectivity index (χ2n) is 6.35. The van der Waals surface area contributed by atoms with Crippen LogP contribution in [0, 0.1) is 5.82 Å². The zero-order valence-corrected chi connectivity index (χ0v) is 17.2. The Morgan fingerprint density at radius 3 is 2.83 bits per heavy atom. The van der Waals surface area contributed by atoms with Gasteiger partial charge in [0.1, 0.15) is 12.9 Å². The molecule has 4 aromatic rings. The quantitative estimate of drug-likeness (QED) is 0.436. The lowest BCUT2D eigenvalue weighted by Gasteiger charge is -2.05. The van der Waals surface area contributed by atoms with Gasteiger partial charge < -0.3 is 4.74 Å². The molecule has 0 aliphatic rings. The Morgan fingerprint density at radius 2 is 2.00 bits per heavy atom. The fraction of sp³-hybridized carbons (Fsp3) is 0.0952. The zero-order chi connectivity index (χ0) is 20.9. The van der Waals surface area contributed by atoms with Gasteiger partial charge >= 0.3 is 0 Å². The van der Waals surface area contributed by atoms with E-state index in [-0.39, 0.29) is 24.2 Å². The van der Waals surface area contributed by atoms with E-state index in [2.05, 4.69) is 15.4 Å². The van der Waals surface area contributed by atoms with Crippen LogP contribution in [0.3, 0.4) is 0 Å². The number of halogens is 2. The number of amides is 1. The van der Waals surface area contributed by atoms with E-state index in [4.69, 9.17) is 16.3 Å². The lowest BCUT2D eigenvalue weighted by Crippen LogP contribution is -2.12. The van der Waals surface area contributed by atoms with Crippen LogP contribution in [0.1, 0.15) is 20.8 Å². The average Bonchev–Trinajstić information content (AvgIpc) is 3.39. The SMILES string of the molecule is O=C(Nc1ncn(Cc2ccccc2Cl)n1)c1cc(COc2ccccc2F)cs1. The summed E-state index contributed by atoms with van der Waals surface area (Å²) in [6.45, 7) is 0.606. The van der Waals surface area contributed by atoms with Gasteiger partial charge in [0.25, 0.3) is 5.91 Å². The molecule has 0 aliphatic carbocycles. The lowest BCUT2D eigenvalue weighted by molar-refractivity contribution is 0.102. The monoisotopic (exact) mass is 442 g/mol. The number of hydrogen-bond acceptors (Lipinski definition) is 5. The highest BCUT2D eigenvalue weighted by atomic mass is 35.5. The van der Waals surface area contributed by atoms with E-state index in [9.17, 15) is 9.18 Å². The molecule has 0 radical (unpaired) electrons. The van der Waals surface area contributed by atoms with E-state index < -0.39 is 5.82 Å². The molecular weight excluding hydrogens is 427 g/mol. The number of thiophene rings is 1. The number of para-hydroxylation sites is 1. The summed E-state index contributed by atoms with van der Waals surface area (Å²) < 4.78 is 20.7. The molecule has 9 heteroatoms. The van der Waals surface area contributed by atoms with Crippen molar-refractivity contribution in [2.24, 2.45) is 0 Å². The summed E-state index contributed by atoms with van der Waals surface area (Å²) in [5.41, 5.74) is 1.67. The molecule has 4 rings (SSSR count). The molecule has 2 heterocycles. The van der Waals surface area contributed by atoms with Crippen LogP contribution in [-0.2, 0) is 13.2 Å². The molecule has 6 nitrogen and oxygen atoms in total. The van der Waals surface area contributed by atoms with Crippen LogP contribution in [-0.4, -0.2) is 20.7 Å². The summed E-state index contributed by atoms with van der Waals surface area (Å²) in [6, 6.07) is 15.3. The molecule has 0 spiro atoms. The highest BCUT2D eigenvalue weighted by Gasteiger charge is 2.13. The van der Waals surface area contributed by atoms with E-state index in [1.807, 2.05) is 18.2 Å². The number of carbonyl (C=O) groups is 1. The minimum absolute atomic E-state index is 0.162. The number of ether oxygens (including phenoxy) is 1. The second kappa shape index (κ2) is 9.06. The third kappa shape index (κ3) is 4.84. The Kier molecular flexibility index (Phi) is 6.06. The van der Waals surface area contributed by atoms with Crippen molar-refractivity contribution >= 4 is 34.8 Å². The summed E-state index contributed by atoms with van der Waals surface area (Å²) in [5, 5.41) is 9.36. The Bertz CT molecular complexity index is 1180. The molecule has 1 amide bonds. The van der Waals surface area contributed by atoms with Gasteiger partial charge in [0.05, 0.1) is 11.4 Å². The van der Waals surface area contributed by atoms with Gasteiger partial charge in [-0.25, -0.2) is 14.1 Å². The summed E-state index contributed by atoms with van der Waals surface area (Å²) in [4.78, 5) is 17.1. The first-order valence-corrected chi connectivity index (χ1v) is 10.2. The second-order valence-corrected chi connectivity index (χ2v) is 7.67. The van der Waals surface area contributed by atoms with Crippen LogP contribution in [0.2, 0.25) is 5.02 Å². The first kappa shape index (κ1) is 20.1. The summed E-state index contributed by atoms with van der Waals surface area (Å²) in [5.74, 6) is -0.385. The maximum absolute atomic E-state index is 13.6. The Labute approximate surface area is 180 Å². The smallest absolute Gasteiger partial charge is 0.268 e. The van der Waals surface area contributed by atoms with Crippen molar-refractivity contribution in [2.45, 2.75) is 13.2 Å². The minimum atomic E-state index is -0.427. The largest absolute Gasteiger partial charge is 0.486 e. The normalized spacial score (nSPS) is 10.7. The molecule has 152 valence electrons. The van der Waals surface area contributed by atoms with E-state index in [0.717, 1.165) is 11.1 Å². The Balaban J connectivity index is 1.35. The van der Waals surface area contributed by atoms with Gasteiger partial charge in [0, 0.05) is 10.6 Å². The lowest BCUT2D eigenvalue weighted by atomic mass is 10.2. The molecule has 1 N–H and O–H groups in total. The molecule has 0 saturated carbocycles. The maximum Gasteiger partial charge on any atom is 0.268 e. The molecule has 2 aromatic heterocycles. The minimum Gasteiger partial charge on any atom is -0.486 e. The van der Waals surface area contributed by atoms with Crippen molar-refractivity contribution in [3.8, 4) is 5.75 Å². The predicted molar refractivity (Wildman–Crippen MR) is 114 cm³/mol. The van der Waals surface area contributed by atoms with Gasteiger partial charge in [0.15, 0.2) is 11.6 Å². The van der Waals surface area contributed by atoms with Crippen molar-refractivity contribution in [2.75, 3.05) is 5.32 Å². The highest BCUT2D eigenvalue weighted by Crippen LogP contribution is 2.21. The van der Waals surface area contributed by atoms with E-state index in [0.29, 0.717) is 16.4 Å². The summed E-state index contributed by atoms with van der Waals surface area (Å²) in [6.07, 6.45) is 1.53.